The minimum atomic E-state index is -0.0216. The summed E-state index contributed by atoms with van der Waals surface area (Å²) in [6.07, 6.45) is 5.58. The normalized spacial score (nSPS) is 16.8. The Morgan fingerprint density at radius 2 is 2.19 bits per heavy atom. The van der Waals surface area contributed by atoms with Gasteiger partial charge in [0.2, 0.25) is 5.91 Å². The quantitative estimate of drug-likeness (QED) is 0.848. The van der Waals surface area contributed by atoms with Crippen molar-refractivity contribution in [2.45, 2.75) is 19.3 Å². The van der Waals surface area contributed by atoms with Crippen molar-refractivity contribution in [2.24, 2.45) is 0 Å². The number of nitrogens with one attached hydrogen (secondary N) is 2. The summed E-state index contributed by atoms with van der Waals surface area (Å²) in [5.74, 6) is 3.77. The van der Waals surface area contributed by atoms with Gasteiger partial charge in [-0.3, -0.25) is 9.89 Å². The SMILES string of the molecule is C#CCOc1ccc([C@H]2CC(=O)Nc3n[nH]c(C)c32)cc1. The van der Waals surface area contributed by atoms with Crippen molar-refractivity contribution < 1.29 is 9.53 Å². The predicted molar refractivity (Wildman–Crippen MR) is 79.2 cm³/mol. The van der Waals surface area contributed by atoms with Crippen LogP contribution in [0.5, 0.6) is 5.75 Å². The van der Waals surface area contributed by atoms with Crippen LogP contribution in [-0.4, -0.2) is 22.7 Å². The molecule has 21 heavy (non-hydrogen) atoms. The van der Waals surface area contributed by atoms with E-state index in [1.165, 1.54) is 0 Å². The Morgan fingerprint density at radius 3 is 2.90 bits per heavy atom. The van der Waals surface area contributed by atoms with Gasteiger partial charge in [-0.2, -0.15) is 5.10 Å². The summed E-state index contributed by atoms with van der Waals surface area (Å²) in [6, 6.07) is 7.67. The van der Waals surface area contributed by atoms with Crippen molar-refractivity contribution in [3.8, 4) is 18.1 Å². The number of benzene rings is 1. The number of carbonyl (C=O) groups is 1. The lowest BCUT2D eigenvalue weighted by Crippen LogP contribution is -2.23. The summed E-state index contributed by atoms with van der Waals surface area (Å²) < 4.78 is 5.36. The number of terminal acetylenes is 1. The molecule has 0 bridgehead atoms. The van der Waals surface area contributed by atoms with E-state index in [1.54, 1.807) is 0 Å². The zero-order valence-corrected chi connectivity index (χ0v) is 11.6. The second-order valence-corrected chi connectivity index (χ2v) is 4.98. The van der Waals surface area contributed by atoms with Gasteiger partial charge in [-0.05, 0) is 24.6 Å². The van der Waals surface area contributed by atoms with Crippen molar-refractivity contribution in [3.05, 3.63) is 41.1 Å². The Kier molecular flexibility index (Phi) is 3.36. The smallest absolute Gasteiger partial charge is 0.226 e. The third kappa shape index (κ3) is 2.48. The van der Waals surface area contributed by atoms with Gasteiger partial charge < -0.3 is 10.1 Å². The lowest BCUT2D eigenvalue weighted by atomic mass is 9.86. The number of aromatic amines is 1. The number of H-pyrrole nitrogens is 1. The Balaban J connectivity index is 1.91. The minimum Gasteiger partial charge on any atom is -0.481 e. The van der Waals surface area contributed by atoms with E-state index in [4.69, 9.17) is 11.2 Å². The van der Waals surface area contributed by atoms with Crippen molar-refractivity contribution in [3.63, 3.8) is 0 Å². The molecular formula is C16H15N3O2. The molecule has 0 spiro atoms. The number of aryl methyl sites for hydroxylation is 1. The number of aromatic nitrogens is 2. The van der Waals surface area contributed by atoms with E-state index < -0.39 is 0 Å². The molecule has 1 aliphatic rings. The van der Waals surface area contributed by atoms with Crippen molar-refractivity contribution in [1.29, 1.82) is 0 Å². The number of hydrogen-bond donors (Lipinski definition) is 2. The predicted octanol–water partition coefficient (Wildman–Crippen LogP) is 2.20. The molecule has 2 aromatic rings. The van der Waals surface area contributed by atoms with Gasteiger partial charge in [0.1, 0.15) is 12.4 Å². The monoisotopic (exact) mass is 281 g/mol. The number of anilines is 1. The first-order valence-corrected chi connectivity index (χ1v) is 6.70. The van der Waals surface area contributed by atoms with Gasteiger partial charge >= 0.3 is 0 Å². The van der Waals surface area contributed by atoms with Gasteiger partial charge in [0.05, 0.1) is 0 Å². The summed E-state index contributed by atoms with van der Waals surface area (Å²) in [5.41, 5.74) is 3.08. The minimum absolute atomic E-state index is 0.00850. The number of amides is 1. The lowest BCUT2D eigenvalue weighted by Gasteiger charge is -2.23. The van der Waals surface area contributed by atoms with Crippen LogP contribution in [0, 0.1) is 19.3 Å². The van der Waals surface area contributed by atoms with E-state index in [9.17, 15) is 4.79 Å². The standard InChI is InChI=1S/C16H15N3O2/c1-3-8-21-12-6-4-11(5-7-12)13-9-14(20)17-16-15(13)10(2)18-19-16/h1,4-7,13H,8-9H2,2H3,(H2,17,18,19,20)/t13-/m1/s1. The van der Waals surface area contributed by atoms with E-state index in [-0.39, 0.29) is 18.4 Å². The summed E-state index contributed by atoms with van der Waals surface area (Å²) in [5, 5.41) is 9.86. The zero-order valence-electron chi connectivity index (χ0n) is 11.6. The number of carbonyl (C=O) groups excluding carboxylic acids is 1. The number of hydrogen-bond acceptors (Lipinski definition) is 3. The average molecular weight is 281 g/mol. The molecule has 2 heterocycles. The van der Waals surface area contributed by atoms with Gasteiger partial charge in [0, 0.05) is 23.6 Å². The molecule has 0 aliphatic carbocycles. The van der Waals surface area contributed by atoms with Gasteiger partial charge in [0.15, 0.2) is 5.82 Å². The molecule has 1 aromatic heterocycles. The van der Waals surface area contributed by atoms with Crippen LogP contribution >= 0.6 is 0 Å². The highest BCUT2D eigenvalue weighted by Crippen LogP contribution is 2.38. The summed E-state index contributed by atoms with van der Waals surface area (Å²) in [6.45, 7) is 2.21. The molecule has 1 atom stereocenters. The van der Waals surface area contributed by atoms with Crippen LogP contribution < -0.4 is 10.1 Å². The summed E-state index contributed by atoms with van der Waals surface area (Å²) in [4.78, 5) is 11.8. The van der Waals surface area contributed by atoms with Crippen LogP contribution in [-0.2, 0) is 4.79 Å². The molecule has 5 nitrogen and oxygen atoms in total. The van der Waals surface area contributed by atoms with E-state index in [2.05, 4.69) is 21.4 Å². The number of ether oxygens (including phenoxy) is 1. The highest BCUT2D eigenvalue weighted by molar-refractivity contribution is 5.94. The topological polar surface area (TPSA) is 67.0 Å². The first-order valence-electron chi connectivity index (χ1n) is 6.70. The number of fused-ring (bicyclic) bond motifs is 1. The molecule has 3 rings (SSSR count). The van der Waals surface area contributed by atoms with Gasteiger partial charge in [-0.15, -0.1) is 6.42 Å². The van der Waals surface area contributed by atoms with Crippen molar-refractivity contribution in [1.82, 2.24) is 10.2 Å². The Labute approximate surface area is 122 Å². The molecule has 106 valence electrons. The van der Waals surface area contributed by atoms with Crippen LogP contribution in [0.15, 0.2) is 24.3 Å². The maximum absolute atomic E-state index is 11.8. The van der Waals surface area contributed by atoms with Crippen LogP contribution in [0.2, 0.25) is 0 Å². The fraction of sp³-hybridized carbons (Fsp3) is 0.250. The molecule has 0 saturated carbocycles. The van der Waals surface area contributed by atoms with E-state index >= 15 is 0 Å². The van der Waals surface area contributed by atoms with Crippen molar-refractivity contribution in [2.75, 3.05) is 11.9 Å². The van der Waals surface area contributed by atoms with Crippen LogP contribution in [0.1, 0.15) is 29.2 Å². The largest absolute Gasteiger partial charge is 0.481 e. The Morgan fingerprint density at radius 1 is 1.43 bits per heavy atom. The molecule has 1 aliphatic heterocycles. The molecule has 5 heteroatoms. The number of nitrogens with zero attached hydrogens (tertiary/aromatic N) is 1. The first kappa shape index (κ1) is 13.3. The highest BCUT2D eigenvalue weighted by Gasteiger charge is 2.30. The van der Waals surface area contributed by atoms with Crippen LogP contribution in [0.25, 0.3) is 0 Å². The molecule has 2 N–H and O–H groups in total. The fourth-order valence-electron chi connectivity index (χ4n) is 2.64. The molecule has 1 amide bonds. The Bertz CT molecular complexity index is 710. The van der Waals surface area contributed by atoms with E-state index in [0.717, 1.165) is 22.6 Å². The highest BCUT2D eigenvalue weighted by atomic mass is 16.5. The van der Waals surface area contributed by atoms with Crippen molar-refractivity contribution >= 4 is 11.7 Å². The maximum atomic E-state index is 11.8. The molecule has 0 unspecified atom stereocenters. The second-order valence-electron chi connectivity index (χ2n) is 4.98. The third-order valence-corrected chi connectivity index (χ3v) is 3.59. The van der Waals surface area contributed by atoms with Gasteiger partial charge in [-0.1, -0.05) is 18.1 Å². The summed E-state index contributed by atoms with van der Waals surface area (Å²) in [7, 11) is 0. The molecular weight excluding hydrogens is 266 g/mol. The molecule has 1 aromatic carbocycles. The maximum Gasteiger partial charge on any atom is 0.226 e. The zero-order chi connectivity index (χ0) is 14.8. The fourth-order valence-corrected chi connectivity index (χ4v) is 2.64. The van der Waals surface area contributed by atoms with Crippen LogP contribution in [0.4, 0.5) is 5.82 Å². The van der Waals surface area contributed by atoms with E-state index in [1.807, 2.05) is 31.2 Å². The molecule has 0 saturated heterocycles. The van der Waals surface area contributed by atoms with Gasteiger partial charge in [-0.25, -0.2) is 0 Å². The average Bonchev–Trinajstić information content (AvgIpc) is 2.86. The summed E-state index contributed by atoms with van der Waals surface area (Å²) >= 11 is 0. The molecule has 0 fully saturated rings. The third-order valence-electron chi connectivity index (χ3n) is 3.59. The number of rotatable bonds is 3. The van der Waals surface area contributed by atoms with Crippen LogP contribution in [0.3, 0.4) is 0 Å². The second kappa shape index (κ2) is 5.33. The van der Waals surface area contributed by atoms with Gasteiger partial charge in [0.25, 0.3) is 0 Å². The molecule has 0 radical (unpaired) electrons. The Hall–Kier alpha value is -2.74. The van der Waals surface area contributed by atoms with E-state index in [0.29, 0.717) is 12.2 Å². The first-order chi connectivity index (χ1) is 10.2. The lowest BCUT2D eigenvalue weighted by molar-refractivity contribution is -0.116.